The Labute approximate surface area is 150 Å². The van der Waals surface area contributed by atoms with E-state index in [-0.39, 0.29) is 11.7 Å². The molecule has 0 saturated heterocycles. The van der Waals surface area contributed by atoms with E-state index in [4.69, 9.17) is 0 Å². The lowest BCUT2D eigenvalue weighted by atomic mass is 10.2. The molecule has 0 aliphatic rings. The molecule has 0 aliphatic heterocycles. The Kier molecular flexibility index (Phi) is 4.36. The molecule has 25 heavy (non-hydrogen) atoms. The van der Waals surface area contributed by atoms with Gasteiger partial charge in [-0.05, 0) is 24.3 Å². The van der Waals surface area contributed by atoms with Gasteiger partial charge >= 0.3 is 0 Å². The molecule has 4 rings (SSSR count). The number of amides is 1. The number of hydrogen-bond donors (Lipinski definition) is 1. The number of carbonyl (C=O) groups is 1. The first kappa shape index (κ1) is 15.7. The smallest absolute Gasteiger partial charge is 0.236 e. The SMILES string of the molecule is O=C(CSc1nnc2ccc(-c3ccccn3)nn12)Nc1nccs1. The van der Waals surface area contributed by atoms with Crippen LogP contribution in [0.15, 0.2) is 53.3 Å². The summed E-state index contributed by atoms with van der Waals surface area (Å²) in [6, 6.07) is 9.30. The van der Waals surface area contributed by atoms with Gasteiger partial charge in [0.15, 0.2) is 10.8 Å². The standard InChI is InChI=1S/C15H11N7OS2/c23-13(18-14-17-7-8-24-14)9-25-15-20-19-12-5-4-11(21-22(12)15)10-3-1-2-6-16-10/h1-8H,9H2,(H,17,18,23). The molecular weight excluding hydrogens is 358 g/mol. The molecule has 8 nitrogen and oxygen atoms in total. The van der Waals surface area contributed by atoms with Crippen molar-refractivity contribution in [2.45, 2.75) is 5.16 Å². The van der Waals surface area contributed by atoms with Gasteiger partial charge in [-0.1, -0.05) is 17.8 Å². The molecule has 0 saturated carbocycles. The largest absolute Gasteiger partial charge is 0.301 e. The molecule has 4 aromatic heterocycles. The van der Waals surface area contributed by atoms with Gasteiger partial charge in [-0.25, -0.2) is 4.98 Å². The summed E-state index contributed by atoms with van der Waals surface area (Å²) in [6.45, 7) is 0. The molecule has 4 aromatic rings. The zero-order chi connectivity index (χ0) is 17.1. The number of pyridine rings is 1. The second-order valence-corrected chi connectivity index (χ2v) is 6.70. The summed E-state index contributed by atoms with van der Waals surface area (Å²) in [6.07, 6.45) is 3.36. The van der Waals surface area contributed by atoms with Crippen LogP contribution in [0.2, 0.25) is 0 Å². The van der Waals surface area contributed by atoms with Crippen LogP contribution in [0, 0.1) is 0 Å². The first-order valence-electron chi connectivity index (χ1n) is 7.25. The molecular formula is C15H11N7OS2. The molecule has 124 valence electrons. The van der Waals surface area contributed by atoms with Crippen molar-refractivity contribution in [3.05, 3.63) is 48.1 Å². The minimum atomic E-state index is -0.155. The number of fused-ring (bicyclic) bond motifs is 1. The highest BCUT2D eigenvalue weighted by atomic mass is 32.2. The van der Waals surface area contributed by atoms with E-state index in [1.165, 1.54) is 23.1 Å². The molecule has 1 N–H and O–H groups in total. The van der Waals surface area contributed by atoms with Crippen molar-refractivity contribution >= 4 is 39.8 Å². The summed E-state index contributed by atoms with van der Waals surface area (Å²) < 4.78 is 1.62. The maximum absolute atomic E-state index is 12.0. The third-order valence-corrected chi connectivity index (χ3v) is 4.78. The predicted octanol–water partition coefficient (Wildman–Crippen LogP) is 2.37. The Hall–Kier alpha value is -2.85. The Morgan fingerprint density at radius 2 is 2.08 bits per heavy atom. The van der Waals surface area contributed by atoms with E-state index < -0.39 is 0 Å². The van der Waals surface area contributed by atoms with Crippen LogP contribution < -0.4 is 5.32 Å². The Bertz CT molecular complexity index is 1000. The molecule has 0 aliphatic carbocycles. The zero-order valence-electron chi connectivity index (χ0n) is 12.7. The molecule has 0 aromatic carbocycles. The number of rotatable bonds is 5. The van der Waals surface area contributed by atoms with E-state index in [1.807, 2.05) is 30.3 Å². The van der Waals surface area contributed by atoms with Gasteiger partial charge in [0.1, 0.15) is 5.69 Å². The molecule has 0 spiro atoms. The van der Waals surface area contributed by atoms with E-state index in [9.17, 15) is 4.79 Å². The highest BCUT2D eigenvalue weighted by molar-refractivity contribution is 7.99. The summed E-state index contributed by atoms with van der Waals surface area (Å²) in [5, 5.41) is 18.4. The molecule has 10 heteroatoms. The van der Waals surface area contributed by atoms with Gasteiger partial charge in [0.2, 0.25) is 11.1 Å². The molecule has 0 fully saturated rings. The van der Waals surface area contributed by atoms with Crippen LogP contribution in [0.4, 0.5) is 5.13 Å². The fourth-order valence-electron chi connectivity index (χ4n) is 2.08. The lowest BCUT2D eigenvalue weighted by molar-refractivity contribution is -0.113. The van der Waals surface area contributed by atoms with Crippen LogP contribution in [0.25, 0.3) is 17.0 Å². The number of nitrogens with one attached hydrogen (secondary N) is 1. The van der Waals surface area contributed by atoms with Gasteiger partial charge in [-0.3, -0.25) is 9.78 Å². The molecule has 1 amide bonds. The van der Waals surface area contributed by atoms with E-state index in [1.54, 1.807) is 22.3 Å². The lowest BCUT2D eigenvalue weighted by Gasteiger charge is -2.02. The molecule has 0 radical (unpaired) electrons. The first-order valence-corrected chi connectivity index (χ1v) is 9.12. The summed E-state index contributed by atoms with van der Waals surface area (Å²) in [5.74, 6) is 0.0353. The summed E-state index contributed by atoms with van der Waals surface area (Å²) in [7, 11) is 0. The monoisotopic (exact) mass is 369 g/mol. The van der Waals surface area contributed by atoms with Gasteiger partial charge in [0.05, 0.1) is 11.4 Å². The van der Waals surface area contributed by atoms with Crippen LogP contribution in [0.3, 0.4) is 0 Å². The van der Waals surface area contributed by atoms with Crippen LogP contribution in [-0.2, 0) is 4.79 Å². The second-order valence-electron chi connectivity index (χ2n) is 4.86. The predicted molar refractivity (Wildman–Crippen MR) is 95.5 cm³/mol. The number of hydrogen-bond acceptors (Lipinski definition) is 8. The number of thioether (sulfide) groups is 1. The number of thiazole rings is 1. The van der Waals surface area contributed by atoms with Crippen molar-refractivity contribution in [2.24, 2.45) is 0 Å². The van der Waals surface area contributed by atoms with Gasteiger partial charge in [0.25, 0.3) is 0 Å². The van der Waals surface area contributed by atoms with Gasteiger partial charge in [-0.15, -0.1) is 21.5 Å². The maximum atomic E-state index is 12.0. The topological polar surface area (TPSA) is 98.0 Å². The van der Waals surface area contributed by atoms with E-state index >= 15 is 0 Å². The fraction of sp³-hybridized carbons (Fsp3) is 0.0667. The number of anilines is 1. The minimum absolute atomic E-state index is 0.155. The average molecular weight is 369 g/mol. The van der Waals surface area contributed by atoms with E-state index in [0.29, 0.717) is 21.6 Å². The minimum Gasteiger partial charge on any atom is -0.301 e. The quantitative estimate of drug-likeness (QED) is 0.539. The van der Waals surface area contributed by atoms with Crippen LogP contribution in [0.1, 0.15) is 0 Å². The highest BCUT2D eigenvalue weighted by Crippen LogP contribution is 2.20. The van der Waals surface area contributed by atoms with Crippen molar-refractivity contribution in [3.8, 4) is 11.4 Å². The van der Waals surface area contributed by atoms with E-state index in [0.717, 1.165) is 5.69 Å². The van der Waals surface area contributed by atoms with E-state index in [2.05, 4.69) is 30.6 Å². The molecule has 0 atom stereocenters. The highest BCUT2D eigenvalue weighted by Gasteiger charge is 2.12. The van der Waals surface area contributed by atoms with Crippen molar-refractivity contribution in [2.75, 3.05) is 11.1 Å². The lowest BCUT2D eigenvalue weighted by Crippen LogP contribution is -2.14. The van der Waals surface area contributed by atoms with Crippen molar-refractivity contribution in [3.63, 3.8) is 0 Å². The number of nitrogens with zero attached hydrogens (tertiary/aromatic N) is 6. The van der Waals surface area contributed by atoms with Crippen LogP contribution in [-0.4, -0.2) is 41.4 Å². The summed E-state index contributed by atoms with van der Waals surface area (Å²) in [5.41, 5.74) is 2.08. The summed E-state index contributed by atoms with van der Waals surface area (Å²) >= 11 is 2.63. The Morgan fingerprint density at radius 1 is 1.12 bits per heavy atom. The summed E-state index contributed by atoms with van der Waals surface area (Å²) in [4.78, 5) is 20.3. The maximum Gasteiger partial charge on any atom is 0.236 e. The normalized spacial score (nSPS) is 10.9. The Balaban J connectivity index is 1.52. The number of carbonyl (C=O) groups excluding carboxylic acids is 1. The second kappa shape index (κ2) is 6.95. The van der Waals surface area contributed by atoms with Crippen molar-refractivity contribution < 1.29 is 4.79 Å². The third kappa shape index (κ3) is 3.49. The third-order valence-electron chi connectivity index (χ3n) is 3.17. The van der Waals surface area contributed by atoms with Crippen LogP contribution in [0.5, 0.6) is 0 Å². The van der Waals surface area contributed by atoms with Crippen LogP contribution >= 0.6 is 23.1 Å². The molecule has 0 unspecified atom stereocenters. The first-order chi connectivity index (χ1) is 12.3. The Morgan fingerprint density at radius 3 is 2.88 bits per heavy atom. The number of aromatic nitrogens is 6. The van der Waals surface area contributed by atoms with Gasteiger partial charge in [-0.2, -0.15) is 9.61 Å². The molecule has 4 heterocycles. The average Bonchev–Trinajstić information content (AvgIpc) is 3.30. The van der Waals surface area contributed by atoms with Crippen molar-refractivity contribution in [1.82, 2.24) is 29.8 Å². The zero-order valence-corrected chi connectivity index (χ0v) is 14.4. The fourth-order valence-corrected chi connectivity index (χ4v) is 3.31. The van der Waals surface area contributed by atoms with Gasteiger partial charge < -0.3 is 5.32 Å². The van der Waals surface area contributed by atoms with Gasteiger partial charge in [0, 0.05) is 17.8 Å². The van der Waals surface area contributed by atoms with Crippen molar-refractivity contribution in [1.29, 1.82) is 0 Å². The molecule has 0 bridgehead atoms.